The van der Waals surface area contributed by atoms with Crippen LogP contribution in [0.15, 0.2) is 12.1 Å². The van der Waals surface area contributed by atoms with E-state index in [4.69, 9.17) is 27.5 Å². The molecule has 5 N–H and O–H groups in total. The van der Waals surface area contributed by atoms with Gasteiger partial charge in [-0.05, 0) is 12.1 Å². The average Bonchev–Trinajstić information content (AvgIpc) is 2.12. The number of nitrogens with two attached hydrogens (primary N) is 1. The lowest BCUT2D eigenvalue weighted by molar-refractivity contribution is 0.264. The molecule has 0 bridgehead atoms. The van der Waals surface area contributed by atoms with E-state index >= 15 is 0 Å². The van der Waals surface area contributed by atoms with Gasteiger partial charge in [-0.25, -0.2) is 0 Å². The SMILES string of the molecule is NC(CO)c1c(Cl)ccc(O)c1O. The van der Waals surface area contributed by atoms with E-state index in [1.807, 2.05) is 0 Å². The van der Waals surface area contributed by atoms with Crippen molar-refractivity contribution in [3.8, 4) is 11.5 Å². The number of aromatic hydroxyl groups is 2. The lowest BCUT2D eigenvalue weighted by atomic mass is 10.1. The predicted octanol–water partition coefficient (Wildman–Crippen LogP) is 0.743. The van der Waals surface area contributed by atoms with Gasteiger partial charge >= 0.3 is 0 Å². The Hall–Kier alpha value is -0.970. The van der Waals surface area contributed by atoms with Crippen LogP contribution in [-0.4, -0.2) is 21.9 Å². The van der Waals surface area contributed by atoms with Crippen molar-refractivity contribution in [3.05, 3.63) is 22.7 Å². The second kappa shape index (κ2) is 3.83. The Kier molecular flexibility index (Phi) is 2.98. The summed E-state index contributed by atoms with van der Waals surface area (Å²) in [5.74, 6) is -0.683. The monoisotopic (exact) mass is 203 g/mol. The molecule has 0 aliphatic rings. The molecule has 4 nitrogen and oxygen atoms in total. The Bertz CT molecular complexity index is 317. The normalized spacial score (nSPS) is 12.8. The first kappa shape index (κ1) is 10.1. The van der Waals surface area contributed by atoms with Gasteiger partial charge in [0, 0.05) is 10.6 Å². The largest absolute Gasteiger partial charge is 0.504 e. The smallest absolute Gasteiger partial charge is 0.163 e. The van der Waals surface area contributed by atoms with Gasteiger partial charge in [0.05, 0.1) is 12.6 Å². The molecule has 0 spiro atoms. The van der Waals surface area contributed by atoms with Gasteiger partial charge in [-0.3, -0.25) is 0 Å². The maximum atomic E-state index is 9.35. The Morgan fingerprint density at radius 2 is 2.00 bits per heavy atom. The number of phenolic OH excluding ortho intramolecular Hbond substituents is 2. The molecule has 0 aliphatic heterocycles. The van der Waals surface area contributed by atoms with Crippen molar-refractivity contribution in [3.63, 3.8) is 0 Å². The third-order valence-electron chi connectivity index (χ3n) is 1.71. The predicted molar refractivity (Wildman–Crippen MR) is 48.8 cm³/mol. The summed E-state index contributed by atoms with van der Waals surface area (Å²) >= 11 is 5.71. The van der Waals surface area contributed by atoms with E-state index < -0.39 is 6.04 Å². The first-order valence-electron chi connectivity index (χ1n) is 3.64. The fourth-order valence-electron chi connectivity index (χ4n) is 1.02. The standard InChI is InChI=1S/C8H10ClNO3/c9-4-1-2-6(12)8(13)7(4)5(10)3-11/h1-2,5,11-13H,3,10H2. The van der Waals surface area contributed by atoms with Crippen molar-refractivity contribution in [2.75, 3.05) is 6.61 Å². The van der Waals surface area contributed by atoms with Gasteiger partial charge < -0.3 is 21.1 Å². The fraction of sp³-hybridized carbons (Fsp3) is 0.250. The molecule has 1 aromatic carbocycles. The molecule has 0 amide bonds. The van der Waals surface area contributed by atoms with Crippen LogP contribution in [0.3, 0.4) is 0 Å². The summed E-state index contributed by atoms with van der Waals surface area (Å²) in [5, 5.41) is 27.4. The topological polar surface area (TPSA) is 86.7 Å². The number of halogens is 1. The molecule has 1 unspecified atom stereocenters. The highest BCUT2D eigenvalue weighted by atomic mass is 35.5. The van der Waals surface area contributed by atoms with Crippen molar-refractivity contribution in [1.29, 1.82) is 0 Å². The second-order valence-electron chi connectivity index (χ2n) is 2.62. The van der Waals surface area contributed by atoms with Crippen LogP contribution in [0.4, 0.5) is 0 Å². The highest BCUT2D eigenvalue weighted by Crippen LogP contribution is 2.36. The average molecular weight is 204 g/mol. The molecule has 72 valence electrons. The minimum atomic E-state index is -0.792. The molecule has 0 fully saturated rings. The van der Waals surface area contributed by atoms with E-state index in [9.17, 15) is 5.11 Å². The highest BCUT2D eigenvalue weighted by Gasteiger charge is 2.16. The van der Waals surface area contributed by atoms with Crippen LogP contribution < -0.4 is 5.73 Å². The number of phenols is 2. The van der Waals surface area contributed by atoms with Crippen LogP contribution in [0, 0.1) is 0 Å². The number of benzene rings is 1. The van der Waals surface area contributed by atoms with Gasteiger partial charge in [0.25, 0.3) is 0 Å². The lowest BCUT2D eigenvalue weighted by Crippen LogP contribution is -2.15. The van der Waals surface area contributed by atoms with Crippen LogP contribution in [0.2, 0.25) is 5.02 Å². The molecule has 0 aromatic heterocycles. The van der Waals surface area contributed by atoms with Gasteiger partial charge in [-0.15, -0.1) is 0 Å². The Balaban J connectivity index is 3.25. The van der Waals surface area contributed by atoms with E-state index in [-0.39, 0.29) is 28.7 Å². The Labute approximate surface area is 80.2 Å². The fourth-order valence-corrected chi connectivity index (χ4v) is 1.31. The summed E-state index contributed by atoms with van der Waals surface area (Å²) in [6.45, 7) is -0.350. The summed E-state index contributed by atoms with van der Waals surface area (Å²) < 4.78 is 0. The van der Waals surface area contributed by atoms with Crippen molar-refractivity contribution >= 4 is 11.6 Å². The summed E-state index contributed by atoms with van der Waals surface area (Å²) in [6, 6.07) is 1.87. The minimum Gasteiger partial charge on any atom is -0.504 e. The molecule has 1 atom stereocenters. The first-order chi connectivity index (χ1) is 6.07. The second-order valence-corrected chi connectivity index (χ2v) is 3.03. The van der Waals surface area contributed by atoms with Gasteiger partial charge in [0.2, 0.25) is 0 Å². The van der Waals surface area contributed by atoms with E-state index in [2.05, 4.69) is 0 Å². The summed E-state index contributed by atoms with van der Waals surface area (Å²) in [4.78, 5) is 0. The van der Waals surface area contributed by atoms with Crippen molar-refractivity contribution in [2.24, 2.45) is 5.73 Å². The van der Waals surface area contributed by atoms with Crippen LogP contribution >= 0.6 is 11.6 Å². The number of rotatable bonds is 2. The van der Waals surface area contributed by atoms with E-state index in [1.54, 1.807) is 0 Å². The number of aliphatic hydroxyl groups excluding tert-OH is 1. The molecule has 0 radical (unpaired) electrons. The summed E-state index contributed by atoms with van der Waals surface area (Å²) in [7, 11) is 0. The van der Waals surface area contributed by atoms with Crippen LogP contribution in [0.25, 0.3) is 0 Å². The Morgan fingerprint density at radius 1 is 1.38 bits per heavy atom. The van der Waals surface area contributed by atoms with Crippen molar-refractivity contribution in [2.45, 2.75) is 6.04 Å². The molecule has 0 saturated heterocycles. The van der Waals surface area contributed by atoms with Crippen LogP contribution in [-0.2, 0) is 0 Å². The quantitative estimate of drug-likeness (QED) is 0.534. The van der Waals surface area contributed by atoms with Crippen LogP contribution in [0.1, 0.15) is 11.6 Å². The number of hydrogen-bond donors (Lipinski definition) is 4. The Morgan fingerprint density at radius 3 is 2.54 bits per heavy atom. The zero-order valence-electron chi connectivity index (χ0n) is 6.74. The number of aliphatic hydroxyl groups is 1. The highest BCUT2D eigenvalue weighted by molar-refractivity contribution is 6.31. The molecule has 5 heteroatoms. The molecule has 13 heavy (non-hydrogen) atoms. The van der Waals surface area contributed by atoms with Gasteiger partial charge in [-0.1, -0.05) is 11.6 Å². The number of hydrogen-bond acceptors (Lipinski definition) is 4. The molecular formula is C8H10ClNO3. The third-order valence-corrected chi connectivity index (χ3v) is 2.04. The first-order valence-corrected chi connectivity index (χ1v) is 4.02. The van der Waals surface area contributed by atoms with Crippen LogP contribution in [0.5, 0.6) is 11.5 Å². The van der Waals surface area contributed by atoms with E-state index in [0.29, 0.717) is 0 Å². The van der Waals surface area contributed by atoms with E-state index in [1.165, 1.54) is 12.1 Å². The summed E-state index contributed by atoms with van der Waals surface area (Å²) in [6.07, 6.45) is 0. The van der Waals surface area contributed by atoms with Crippen molar-refractivity contribution < 1.29 is 15.3 Å². The minimum absolute atomic E-state index is 0.157. The maximum absolute atomic E-state index is 9.35. The van der Waals surface area contributed by atoms with Gasteiger partial charge in [-0.2, -0.15) is 0 Å². The van der Waals surface area contributed by atoms with E-state index in [0.717, 1.165) is 0 Å². The maximum Gasteiger partial charge on any atom is 0.163 e. The van der Waals surface area contributed by atoms with Crippen molar-refractivity contribution in [1.82, 2.24) is 0 Å². The zero-order chi connectivity index (χ0) is 10.0. The lowest BCUT2D eigenvalue weighted by Gasteiger charge is -2.13. The molecule has 1 rings (SSSR count). The third kappa shape index (κ3) is 1.85. The summed E-state index contributed by atoms with van der Waals surface area (Å²) in [5.41, 5.74) is 5.62. The molecule has 0 saturated carbocycles. The molecule has 1 aromatic rings. The van der Waals surface area contributed by atoms with Gasteiger partial charge in [0.15, 0.2) is 11.5 Å². The van der Waals surface area contributed by atoms with Gasteiger partial charge in [0.1, 0.15) is 0 Å². The zero-order valence-corrected chi connectivity index (χ0v) is 7.49. The molecule has 0 aliphatic carbocycles. The molecule has 0 heterocycles. The molecular weight excluding hydrogens is 194 g/mol.